The molecule has 1 aromatic carbocycles. The van der Waals surface area contributed by atoms with E-state index in [-0.39, 0.29) is 17.4 Å². The maximum Gasteiger partial charge on any atom is 0.267 e. The highest BCUT2D eigenvalue weighted by Gasteiger charge is 2.29. The van der Waals surface area contributed by atoms with Gasteiger partial charge in [0, 0.05) is 41.5 Å². The van der Waals surface area contributed by atoms with Crippen molar-refractivity contribution in [3.63, 3.8) is 0 Å². The van der Waals surface area contributed by atoms with Crippen LogP contribution in [0.4, 0.5) is 24.5 Å². The SMILES string of the molecule is CCC(F)(F)Cn1cc([C@@H](Nc2cc(C#N)c3ncc(C#N)c(NCC(C)(C)C)c3c2)c2ccc(F)nc2C)nn1. The number of nitrogens with one attached hydrogen (secondary N) is 2. The van der Waals surface area contributed by atoms with Crippen molar-refractivity contribution in [3.05, 3.63) is 70.7 Å². The summed E-state index contributed by atoms with van der Waals surface area (Å²) in [6.07, 6.45) is 2.48. The van der Waals surface area contributed by atoms with Crippen molar-refractivity contribution in [2.24, 2.45) is 5.41 Å². The van der Waals surface area contributed by atoms with E-state index < -0.39 is 24.5 Å². The molecular formula is C29H30F3N9. The highest BCUT2D eigenvalue weighted by molar-refractivity contribution is 5.99. The lowest BCUT2D eigenvalue weighted by atomic mass is 9.96. The van der Waals surface area contributed by atoms with E-state index in [2.05, 4.69) is 63.8 Å². The first-order valence-corrected chi connectivity index (χ1v) is 13.0. The third-order valence-electron chi connectivity index (χ3n) is 6.49. The molecule has 4 rings (SSSR count). The minimum Gasteiger partial charge on any atom is -0.383 e. The maximum atomic E-state index is 14.1. The zero-order valence-electron chi connectivity index (χ0n) is 23.4. The summed E-state index contributed by atoms with van der Waals surface area (Å²) in [4.78, 5) is 8.29. The lowest BCUT2D eigenvalue weighted by Crippen LogP contribution is -2.23. The van der Waals surface area contributed by atoms with Gasteiger partial charge in [-0.3, -0.25) is 4.98 Å². The van der Waals surface area contributed by atoms with Crippen LogP contribution in [0.15, 0.2) is 36.7 Å². The highest BCUT2D eigenvalue weighted by Crippen LogP contribution is 2.34. The molecule has 0 unspecified atom stereocenters. The zero-order chi connectivity index (χ0) is 29.9. The van der Waals surface area contributed by atoms with E-state index in [1.807, 2.05) is 0 Å². The normalized spacial score (nSPS) is 12.5. The number of rotatable bonds is 9. The monoisotopic (exact) mass is 561 g/mol. The number of aryl methyl sites for hydroxylation is 1. The van der Waals surface area contributed by atoms with Crippen molar-refractivity contribution in [1.29, 1.82) is 10.5 Å². The van der Waals surface area contributed by atoms with Gasteiger partial charge in [0.2, 0.25) is 5.95 Å². The molecule has 0 saturated heterocycles. The van der Waals surface area contributed by atoms with Gasteiger partial charge in [-0.05, 0) is 30.5 Å². The van der Waals surface area contributed by atoms with Crippen LogP contribution in [0.3, 0.4) is 0 Å². The molecule has 9 nitrogen and oxygen atoms in total. The number of anilines is 2. The van der Waals surface area contributed by atoms with E-state index in [0.29, 0.717) is 51.3 Å². The van der Waals surface area contributed by atoms with Crippen LogP contribution in [0.5, 0.6) is 0 Å². The molecule has 41 heavy (non-hydrogen) atoms. The largest absolute Gasteiger partial charge is 0.383 e. The van der Waals surface area contributed by atoms with E-state index in [1.165, 1.54) is 31.5 Å². The fraction of sp³-hybridized carbons (Fsp3) is 0.379. The second-order valence-corrected chi connectivity index (χ2v) is 11.0. The van der Waals surface area contributed by atoms with Gasteiger partial charge in [0.25, 0.3) is 5.92 Å². The molecule has 0 radical (unpaired) electrons. The minimum absolute atomic E-state index is 0.102. The molecule has 0 amide bonds. The molecule has 0 aliphatic heterocycles. The van der Waals surface area contributed by atoms with E-state index in [9.17, 15) is 23.7 Å². The second-order valence-electron chi connectivity index (χ2n) is 11.0. The Morgan fingerprint density at radius 2 is 1.83 bits per heavy atom. The quantitative estimate of drug-likeness (QED) is 0.234. The number of hydrogen-bond donors (Lipinski definition) is 2. The summed E-state index contributed by atoms with van der Waals surface area (Å²) in [6, 6.07) is 9.63. The van der Waals surface area contributed by atoms with Crippen LogP contribution < -0.4 is 10.6 Å². The van der Waals surface area contributed by atoms with Crippen LogP contribution in [-0.4, -0.2) is 37.4 Å². The fourth-order valence-corrected chi connectivity index (χ4v) is 4.30. The molecule has 3 aromatic heterocycles. The molecule has 3 heterocycles. The van der Waals surface area contributed by atoms with Crippen LogP contribution in [0.2, 0.25) is 0 Å². The third-order valence-corrected chi connectivity index (χ3v) is 6.49. The van der Waals surface area contributed by atoms with Crippen molar-refractivity contribution in [2.75, 3.05) is 17.2 Å². The third kappa shape index (κ3) is 6.72. The van der Waals surface area contributed by atoms with Crippen LogP contribution >= 0.6 is 0 Å². The number of fused-ring (bicyclic) bond motifs is 1. The Bertz CT molecular complexity index is 1660. The Labute approximate surface area is 236 Å². The van der Waals surface area contributed by atoms with Gasteiger partial charge in [0.15, 0.2) is 0 Å². The summed E-state index contributed by atoms with van der Waals surface area (Å²) < 4.78 is 43.1. The Morgan fingerprint density at radius 3 is 2.46 bits per heavy atom. The summed E-state index contributed by atoms with van der Waals surface area (Å²) in [5.41, 5.74) is 3.08. The van der Waals surface area contributed by atoms with Crippen molar-refractivity contribution >= 4 is 22.3 Å². The van der Waals surface area contributed by atoms with Gasteiger partial charge in [-0.25, -0.2) is 18.4 Å². The van der Waals surface area contributed by atoms with Crippen LogP contribution in [0, 0.1) is 40.9 Å². The molecule has 0 fully saturated rings. The average Bonchev–Trinajstić information content (AvgIpc) is 3.37. The molecule has 0 aliphatic rings. The number of alkyl halides is 2. The molecule has 4 aromatic rings. The minimum atomic E-state index is -2.97. The summed E-state index contributed by atoms with van der Waals surface area (Å²) in [5, 5.41) is 35.0. The number of aromatic nitrogens is 5. The number of hydrogen-bond acceptors (Lipinski definition) is 8. The summed E-state index contributed by atoms with van der Waals surface area (Å²) in [5.74, 6) is -3.64. The van der Waals surface area contributed by atoms with Crippen LogP contribution in [0.25, 0.3) is 10.9 Å². The molecule has 12 heteroatoms. The smallest absolute Gasteiger partial charge is 0.267 e. The van der Waals surface area contributed by atoms with E-state index >= 15 is 0 Å². The Kier molecular flexibility index (Phi) is 8.15. The summed E-state index contributed by atoms with van der Waals surface area (Å²) in [6.45, 7) is 9.07. The first-order chi connectivity index (χ1) is 19.3. The summed E-state index contributed by atoms with van der Waals surface area (Å²) in [7, 11) is 0. The van der Waals surface area contributed by atoms with Gasteiger partial charge in [-0.15, -0.1) is 5.10 Å². The van der Waals surface area contributed by atoms with Crippen molar-refractivity contribution < 1.29 is 13.2 Å². The highest BCUT2D eigenvalue weighted by atomic mass is 19.3. The van der Waals surface area contributed by atoms with Gasteiger partial charge in [0.1, 0.15) is 24.4 Å². The van der Waals surface area contributed by atoms with Gasteiger partial charge in [-0.2, -0.15) is 14.9 Å². The van der Waals surface area contributed by atoms with Crippen molar-refractivity contribution in [3.8, 4) is 12.1 Å². The lowest BCUT2D eigenvalue weighted by molar-refractivity contribution is -0.0233. The van der Waals surface area contributed by atoms with Crippen LogP contribution in [-0.2, 0) is 6.54 Å². The van der Waals surface area contributed by atoms with E-state index in [4.69, 9.17) is 0 Å². The van der Waals surface area contributed by atoms with Gasteiger partial charge < -0.3 is 10.6 Å². The predicted octanol–water partition coefficient (Wildman–Crippen LogP) is 6.12. The number of halogens is 3. The first kappa shape index (κ1) is 29.3. The van der Waals surface area contributed by atoms with E-state index in [1.54, 1.807) is 19.1 Å². The number of nitriles is 2. The Hall–Kier alpha value is -4.71. The molecule has 0 bridgehead atoms. The van der Waals surface area contributed by atoms with Crippen LogP contribution in [0.1, 0.15) is 68.2 Å². The number of nitrogens with zero attached hydrogens (tertiary/aromatic N) is 7. The zero-order valence-corrected chi connectivity index (χ0v) is 23.4. The predicted molar refractivity (Wildman–Crippen MR) is 149 cm³/mol. The Morgan fingerprint density at radius 1 is 1.10 bits per heavy atom. The lowest BCUT2D eigenvalue weighted by Gasteiger charge is -2.23. The van der Waals surface area contributed by atoms with Gasteiger partial charge in [0.05, 0.1) is 34.6 Å². The molecule has 0 spiro atoms. The topological polar surface area (TPSA) is 128 Å². The Balaban J connectivity index is 1.85. The number of pyridine rings is 2. The molecule has 1 atom stereocenters. The molecule has 0 saturated carbocycles. The maximum absolute atomic E-state index is 14.1. The van der Waals surface area contributed by atoms with Crippen molar-refractivity contribution in [2.45, 2.75) is 59.5 Å². The molecule has 0 aliphatic carbocycles. The standard InChI is InChI=1S/C29H30F3N9/c1-6-29(31,32)16-41-14-23(39-40-41)27(21-7-8-24(30)37-17(21)2)38-20-9-18(11-33)25-22(10-20)26(19(12-34)13-35-25)36-15-28(3,4)5/h7-10,13-14,27,38H,6,15-16H2,1-5H3,(H,35,36)/t27-/m0/s1. The first-order valence-electron chi connectivity index (χ1n) is 13.0. The van der Waals surface area contributed by atoms with E-state index in [0.717, 1.165) is 4.68 Å². The molecule has 212 valence electrons. The van der Waals surface area contributed by atoms with Gasteiger partial charge >= 0.3 is 0 Å². The summed E-state index contributed by atoms with van der Waals surface area (Å²) >= 11 is 0. The molecular weight excluding hydrogens is 531 g/mol. The number of benzene rings is 1. The fourth-order valence-electron chi connectivity index (χ4n) is 4.30. The van der Waals surface area contributed by atoms with Crippen molar-refractivity contribution in [1.82, 2.24) is 25.0 Å². The molecule has 2 N–H and O–H groups in total. The van der Waals surface area contributed by atoms with Gasteiger partial charge in [-0.1, -0.05) is 39.0 Å². The second kappa shape index (κ2) is 11.4. The average molecular weight is 562 g/mol.